The van der Waals surface area contributed by atoms with Gasteiger partial charge in [0.15, 0.2) is 0 Å². The summed E-state index contributed by atoms with van der Waals surface area (Å²) in [5.74, 6) is 0.359. The first-order valence-corrected chi connectivity index (χ1v) is 6.53. The molecule has 3 nitrogen and oxygen atoms in total. The van der Waals surface area contributed by atoms with E-state index in [1.807, 2.05) is 32.2 Å². The minimum atomic E-state index is -0.427. The Morgan fingerprint density at radius 2 is 2.00 bits per heavy atom. The van der Waals surface area contributed by atoms with E-state index in [4.69, 9.17) is 4.74 Å². The molecule has 1 aromatic carbocycles. The fourth-order valence-corrected chi connectivity index (χ4v) is 2.85. The van der Waals surface area contributed by atoms with Crippen LogP contribution in [-0.2, 0) is 14.9 Å². The molecule has 1 fully saturated rings. The molecule has 0 radical (unpaired) electrons. The minimum absolute atomic E-state index is 0.359. The van der Waals surface area contributed by atoms with E-state index in [2.05, 4.69) is 11.4 Å². The molecular weight excluding hydrogens is 226 g/mol. The summed E-state index contributed by atoms with van der Waals surface area (Å²) in [6.07, 6.45) is 3.01. The van der Waals surface area contributed by atoms with Crippen molar-refractivity contribution in [2.75, 3.05) is 25.6 Å². The van der Waals surface area contributed by atoms with Crippen LogP contribution < -0.4 is 5.32 Å². The van der Waals surface area contributed by atoms with Crippen LogP contribution in [0.4, 0.5) is 5.69 Å². The van der Waals surface area contributed by atoms with Crippen molar-refractivity contribution < 1.29 is 9.53 Å². The number of nitrogens with one attached hydrogen (secondary N) is 1. The third-order valence-electron chi connectivity index (χ3n) is 4.09. The van der Waals surface area contributed by atoms with Gasteiger partial charge < -0.3 is 14.8 Å². The van der Waals surface area contributed by atoms with Crippen LogP contribution in [0.1, 0.15) is 25.3 Å². The number of carbonyl (C=O) groups excluding carboxylic acids is 1. The summed E-state index contributed by atoms with van der Waals surface area (Å²) in [7, 11) is 1.90. The van der Waals surface area contributed by atoms with Crippen LogP contribution in [0.5, 0.6) is 0 Å². The van der Waals surface area contributed by atoms with Crippen LogP contribution >= 0.6 is 0 Å². The van der Waals surface area contributed by atoms with Gasteiger partial charge in [0.05, 0.1) is 5.41 Å². The van der Waals surface area contributed by atoms with Gasteiger partial charge in [0, 0.05) is 25.9 Å². The molecule has 1 N–H and O–H groups in total. The lowest BCUT2D eigenvalue weighted by atomic mass is 9.69. The van der Waals surface area contributed by atoms with Gasteiger partial charge in [0.2, 0.25) is 0 Å². The Morgan fingerprint density at radius 3 is 2.61 bits per heavy atom. The summed E-state index contributed by atoms with van der Waals surface area (Å²) in [5, 5.41) is 3.18. The molecule has 1 atom stereocenters. The molecule has 0 aromatic heterocycles. The van der Waals surface area contributed by atoms with Crippen LogP contribution in [0.25, 0.3) is 0 Å². The number of para-hydroxylation sites is 1. The van der Waals surface area contributed by atoms with Crippen molar-refractivity contribution in [2.24, 2.45) is 5.92 Å². The zero-order valence-electron chi connectivity index (χ0n) is 11.1. The normalized spacial score (nSPS) is 20.1. The molecule has 0 spiro atoms. The molecule has 1 unspecified atom stereocenters. The van der Waals surface area contributed by atoms with Crippen molar-refractivity contribution in [1.29, 1.82) is 0 Å². The topological polar surface area (TPSA) is 38.3 Å². The maximum atomic E-state index is 11.7. The number of carbonyl (C=O) groups is 1. The van der Waals surface area contributed by atoms with Gasteiger partial charge in [-0.05, 0) is 37.3 Å². The molecule has 1 saturated heterocycles. The van der Waals surface area contributed by atoms with E-state index in [0.717, 1.165) is 43.6 Å². The van der Waals surface area contributed by atoms with Crippen LogP contribution in [0.15, 0.2) is 24.3 Å². The number of benzene rings is 1. The molecule has 98 valence electrons. The summed E-state index contributed by atoms with van der Waals surface area (Å²) in [6, 6.07) is 8.06. The molecule has 1 aromatic rings. The summed E-state index contributed by atoms with van der Waals surface area (Å²) >= 11 is 0. The number of ether oxygens (including phenoxy) is 1. The first kappa shape index (κ1) is 13.1. The Kier molecular flexibility index (Phi) is 4.02. The Morgan fingerprint density at radius 1 is 1.33 bits per heavy atom. The maximum Gasteiger partial charge on any atom is 0.130 e. The Balaban J connectivity index is 2.38. The van der Waals surface area contributed by atoms with E-state index in [1.165, 1.54) is 0 Å². The molecule has 0 aliphatic carbocycles. The van der Waals surface area contributed by atoms with Crippen LogP contribution in [0.2, 0.25) is 0 Å². The van der Waals surface area contributed by atoms with Crippen LogP contribution in [0.3, 0.4) is 0 Å². The number of hydrogen-bond acceptors (Lipinski definition) is 3. The fourth-order valence-electron chi connectivity index (χ4n) is 2.85. The van der Waals surface area contributed by atoms with Gasteiger partial charge >= 0.3 is 0 Å². The van der Waals surface area contributed by atoms with E-state index < -0.39 is 5.41 Å². The van der Waals surface area contributed by atoms with E-state index in [1.54, 1.807) is 0 Å². The molecule has 3 heteroatoms. The van der Waals surface area contributed by atoms with Gasteiger partial charge in [-0.3, -0.25) is 0 Å². The van der Waals surface area contributed by atoms with Crippen LogP contribution in [0, 0.1) is 5.92 Å². The molecule has 0 bridgehead atoms. The third-order valence-corrected chi connectivity index (χ3v) is 4.09. The molecule has 2 rings (SSSR count). The van der Waals surface area contributed by atoms with E-state index in [9.17, 15) is 4.79 Å². The van der Waals surface area contributed by atoms with Crippen molar-refractivity contribution in [3.63, 3.8) is 0 Å². The van der Waals surface area contributed by atoms with Crippen molar-refractivity contribution in [2.45, 2.75) is 25.2 Å². The lowest BCUT2D eigenvalue weighted by Gasteiger charge is -2.37. The quantitative estimate of drug-likeness (QED) is 0.831. The highest BCUT2D eigenvalue weighted by Crippen LogP contribution is 2.39. The zero-order valence-corrected chi connectivity index (χ0v) is 11.1. The average molecular weight is 247 g/mol. The maximum absolute atomic E-state index is 11.7. The monoisotopic (exact) mass is 247 g/mol. The standard InChI is InChI=1S/C15H21NO2/c1-15(11-17,12-7-9-18-10-8-12)13-5-3-4-6-14(13)16-2/h3-6,11-12,16H,7-10H2,1-2H3. The second-order valence-corrected chi connectivity index (χ2v) is 5.08. The summed E-state index contributed by atoms with van der Waals surface area (Å²) in [6.45, 7) is 3.57. The Hall–Kier alpha value is -1.35. The van der Waals surface area contributed by atoms with E-state index in [-0.39, 0.29) is 0 Å². The number of rotatable bonds is 4. The SMILES string of the molecule is CNc1ccccc1C(C)(C=O)C1CCOCC1. The first-order valence-electron chi connectivity index (χ1n) is 6.53. The van der Waals surface area contributed by atoms with E-state index in [0.29, 0.717) is 5.92 Å². The summed E-state index contributed by atoms with van der Waals surface area (Å²) < 4.78 is 5.40. The van der Waals surface area contributed by atoms with Crippen LogP contribution in [-0.4, -0.2) is 26.5 Å². The lowest BCUT2D eigenvalue weighted by Crippen LogP contribution is -2.38. The van der Waals surface area contributed by atoms with Gasteiger partial charge in [0.1, 0.15) is 6.29 Å². The van der Waals surface area contributed by atoms with Crippen molar-refractivity contribution in [3.8, 4) is 0 Å². The predicted molar refractivity (Wildman–Crippen MR) is 72.9 cm³/mol. The first-order chi connectivity index (χ1) is 8.72. The smallest absolute Gasteiger partial charge is 0.130 e. The fraction of sp³-hybridized carbons (Fsp3) is 0.533. The largest absolute Gasteiger partial charge is 0.388 e. The minimum Gasteiger partial charge on any atom is -0.388 e. The second kappa shape index (κ2) is 5.53. The Bertz CT molecular complexity index is 413. The molecule has 1 aliphatic heterocycles. The van der Waals surface area contributed by atoms with Gasteiger partial charge in [-0.1, -0.05) is 18.2 Å². The highest BCUT2D eigenvalue weighted by Gasteiger charge is 2.38. The van der Waals surface area contributed by atoms with Gasteiger partial charge in [0.25, 0.3) is 0 Å². The number of anilines is 1. The van der Waals surface area contributed by atoms with E-state index >= 15 is 0 Å². The van der Waals surface area contributed by atoms with Crippen molar-refractivity contribution in [3.05, 3.63) is 29.8 Å². The highest BCUT2D eigenvalue weighted by atomic mass is 16.5. The molecule has 1 aliphatic rings. The molecule has 0 saturated carbocycles. The Labute approximate surface area is 109 Å². The average Bonchev–Trinajstić information content (AvgIpc) is 2.47. The molecule has 18 heavy (non-hydrogen) atoms. The third kappa shape index (κ3) is 2.27. The van der Waals surface area contributed by atoms with Gasteiger partial charge in [-0.15, -0.1) is 0 Å². The zero-order chi connectivity index (χ0) is 13.0. The molecule has 0 amide bonds. The number of hydrogen-bond donors (Lipinski definition) is 1. The molecular formula is C15H21NO2. The van der Waals surface area contributed by atoms with Gasteiger partial charge in [-0.25, -0.2) is 0 Å². The molecule has 1 heterocycles. The van der Waals surface area contributed by atoms with Crippen molar-refractivity contribution >= 4 is 12.0 Å². The highest BCUT2D eigenvalue weighted by molar-refractivity contribution is 5.73. The predicted octanol–water partition coefficient (Wildman–Crippen LogP) is 2.61. The lowest BCUT2D eigenvalue weighted by molar-refractivity contribution is -0.115. The second-order valence-electron chi connectivity index (χ2n) is 5.08. The summed E-state index contributed by atoms with van der Waals surface area (Å²) in [4.78, 5) is 11.7. The summed E-state index contributed by atoms with van der Waals surface area (Å²) in [5.41, 5.74) is 1.71. The van der Waals surface area contributed by atoms with Gasteiger partial charge in [-0.2, -0.15) is 0 Å². The van der Waals surface area contributed by atoms with Crippen molar-refractivity contribution in [1.82, 2.24) is 0 Å². The number of aldehydes is 1.